The summed E-state index contributed by atoms with van der Waals surface area (Å²) in [4.78, 5) is 40.7. The van der Waals surface area contributed by atoms with Gasteiger partial charge in [0.1, 0.15) is 6.04 Å². The first-order valence-electron chi connectivity index (χ1n) is 12.8. The molecule has 0 aromatic heterocycles. The van der Waals surface area contributed by atoms with Crippen molar-refractivity contribution in [3.8, 4) is 0 Å². The van der Waals surface area contributed by atoms with Gasteiger partial charge in [0.15, 0.2) is 0 Å². The van der Waals surface area contributed by atoms with Gasteiger partial charge in [-0.1, -0.05) is 91.8 Å². The molecular weight excluding hydrogens is 454 g/mol. The van der Waals surface area contributed by atoms with Gasteiger partial charge in [-0.05, 0) is 36.8 Å². The largest absolute Gasteiger partial charge is 0.478 e. The molecule has 0 fully saturated rings. The molecule has 1 rings (SSSR count). The summed E-state index contributed by atoms with van der Waals surface area (Å²) in [5.74, 6) is -1.24. The van der Waals surface area contributed by atoms with Crippen molar-refractivity contribution >= 4 is 17.8 Å². The van der Waals surface area contributed by atoms with E-state index in [1.165, 1.54) is 0 Å². The average Bonchev–Trinajstić information content (AvgIpc) is 2.78. The van der Waals surface area contributed by atoms with E-state index in [-0.39, 0.29) is 23.3 Å². The van der Waals surface area contributed by atoms with Crippen molar-refractivity contribution in [1.82, 2.24) is 15.5 Å². The van der Waals surface area contributed by atoms with Crippen LogP contribution in [0.25, 0.3) is 0 Å². The molecule has 7 nitrogen and oxygen atoms in total. The van der Waals surface area contributed by atoms with E-state index in [1.807, 2.05) is 78.8 Å². The van der Waals surface area contributed by atoms with Crippen LogP contribution in [0.5, 0.6) is 0 Å². The topological polar surface area (TPSA) is 98.7 Å². The van der Waals surface area contributed by atoms with E-state index >= 15 is 0 Å². The van der Waals surface area contributed by atoms with Crippen molar-refractivity contribution < 1.29 is 19.5 Å². The Hall–Kier alpha value is -2.67. The van der Waals surface area contributed by atoms with Gasteiger partial charge >= 0.3 is 5.97 Å². The third-order valence-electron chi connectivity index (χ3n) is 6.80. The maximum absolute atomic E-state index is 13.8. The van der Waals surface area contributed by atoms with Gasteiger partial charge in [0.25, 0.3) is 0 Å². The molecular formula is C29H47N3O4. The lowest BCUT2D eigenvalue weighted by Crippen LogP contribution is -2.61. The highest BCUT2D eigenvalue weighted by atomic mass is 16.4. The molecule has 2 amide bonds. The zero-order valence-electron chi connectivity index (χ0n) is 23.8. The third kappa shape index (κ3) is 8.19. The second-order valence-electron chi connectivity index (χ2n) is 11.6. The van der Waals surface area contributed by atoms with Crippen LogP contribution in [0.4, 0.5) is 0 Å². The number of benzene rings is 1. The standard InChI is InChI=1S/C29H47N3O4/c1-11-20(27(35)36)18-22(17-19(2)3)32(10)26(34)24(28(4,5)6)31-25(33)23(30-9)29(7,8)21-15-13-12-14-16-21/h12-16,18-19,22-24,30H,11,17H2,1-10H3,(H,31,33)(H,35,36)/b20-18+/t22-,23+,24+/m0/s1. The van der Waals surface area contributed by atoms with Gasteiger partial charge in [-0.15, -0.1) is 0 Å². The maximum atomic E-state index is 13.8. The van der Waals surface area contributed by atoms with E-state index in [9.17, 15) is 19.5 Å². The van der Waals surface area contributed by atoms with Crippen LogP contribution in [0.2, 0.25) is 0 Å². The minimum atomic E-state index is -0.979. The van der Waals surface area contributed by atoms with Crippen LogP contribution in [0.3, 0.4) is 0 Å². The first-order valence-corrected chi connectivity index (χ1v) is 12.8. The quantitative estimate of drug-likeness (QED) is 0.369. The highest BCUT2D eigenvalue weighted by Crippen LogP contribution is 2.29. The van der Waals surface area contributed by atoms with Crippen LogP contribution in [-0.2, 0) is 19.8 Å². The first-order chi connectivity index (χ1) is 16.6. The number of hydrogen-bond donors (Lipinski definition) is 3. The summed E-state index contributed by atoms with van der Waals surface area (Å²) in [6.45, 7) is 15.6. The number of carboxylic acids is 1. The van der Waals surface area contributed by atoms with Gasteiger partial charge in [-0.25, -0.2) is 4.79 Å². The summed E-state index contributed by atoms with van der Waals surface area (Å²) in [6, 6.07) is 8.05. The Kier molecular flexibility index (Phi) is 11.4. The maximum Gasteiger partial charge on any atom is 0.331 e. The van der Waals surface area contributed by atoms with Crippen LogP contribution >= 0.6 is 0 Å². The molecule has 0 spiro atoms. The van der Waals surface area contributed by atoms with Crippen LogP contribution in [0.1, 0.15) is 73.8 Å². The number of nitrogens with zero attached hydrogens (tertiary/aromatic N) is 1. The SMILES string of the molecule is CC/C(=C\[C@H](CC(C)C)N(C)C(=O)[C@@H](NC(=O)[C@@H](NC)C(C)(C)c1ccccc1)C(C)(C)C)C(=O)O. The molecule has 0 saturated heterocycles. The van der Waals surface area contributed by atoms with Crippen molar-refractivity contribution in [2.45, 2.75) is 91.8 Å². The fourth-order valence-corrected chi connectivity index (χ4v) is 4.49. The number of nitrogens with one attached hydrogen (secondary N) is 2. The van der Waals surface area contributed by atoms with Gasteiger partial charge in [-0.3, -0.25) is 9.59 Å². The Morgan fingerprint density at radius 3 is 2.00 bits per heavy atom. The normalized spacial score (nSPS) is 15.2. The van der Waals surface area contributed by atoms with E-state index in [4.69, 9.17) is 0 Å². The monoisotopic (exact) mass is 501 g/mol. The molecule has 0 bridgehead atoms. The lowest BCUT2D eigenvalue weighted by molar-refractivity contribution is -0.140. The molecule has 0 unspecified atom stereocenters. The lowest BCUT2D eigenvalue weighted by atomic mass is 9.76. The molecule has 7 heteroatoms. The Morgan fingerprint density at radius 2 is 1.58 bits per heavy atom. The van der Waals surface area contributed by atoms with Crippen molar-refractivity contribution in [2.24, 2.45) is 11.3 Å². The fourth-order valence-electron chi connectivity index (χ4n) is 4.49. The number of rotatable bonds is 12. The van der Waals surface area contributed by atoms with Gasteiger partial charge in [0.2, 0.25) is 11.8 Å². The molecule has 1 aromatic carbocycles. The van der Waals surface area contributed by atoms with Crippen LogP contribution in [0, 0.1) is 11.3 Å². The Labute approximate surface area is 217 Å². The molecule has 3 atom stereocenters. The number of amides is 2. The Bertz CT molecular complexity index is 916. The zero-order chi connectivity index (χ0) is 27.8. The van der Waals surface area contributed by atoms with E-state index in [2.05, 4.69) is 10.6 Å². The second kappa shape index (κ2) is 13.0. The van der Waals surface area contributed by atoms with Gasteiger partial charge < -0.3 is 20.6 Å². The minimum Gasteiger partial charge on any atom is -0.478 e. The van der Waals surface area contributed by atoms with Crippen molar-refractivity contribution in [3.63, 3.8) is 0 Å². The summed E-state index contributed by atoms with van der Waals surface area (Å²) < 4.78 is 0. The summed E-state index contributed by atoms with van der Waals surface area (Å²) in [5.41, 5.74) is 0.190. The molecule has 3 N–H and O–H groups in total. The van der Waals surface area contributed by atoms with E-state index < -0.39 is 34.9 Å². The predicted molar refractivity (Wildman–Crippen MR) is 146 cm³/mol. The fraction of sp³-hybridized carbons (Fsp3) is 0.621. The summed E-state index contributed by atoms with van der Waals surface area (Å²) >= 11 is 0. The van der Waals surface area contributed by atoms with Crippen molar-refractivity contribution in [3.05, 3.63) is 47.5 Å². The molecule has 0 aliphatic carbocycles. The third-order valence-corrected chi connectivity index (χ3v) is 6.80. The Morgan fingerprint density at radius 1 is 1.03 bits per heavy atom. The second-order valence-corrected chi connectivity index (χ2v) is 11.6. The van der Waals surface area contributed by atoms with Crippen molar-refractivity contribution in [2.75, 3.05) is 14.1 Å². The van der Waals surface area contributed by atoms with Crippen LogP contribution in [0.15, 0.2) is 42.0 Å². The average molecular weight is 502 g/mol. The minimum absolute atomic E-state index is 0.244. The number of carboxylic acid groups (broad SMARTS) is 1. The number of aliphatic carboxylic acids is 1. The molecule has 202 valence electrons. The number of carbonyl (C=O) groups excluding carboxylic acids is 2. The zero-order valence-corrected chi connectivity index (χ0v) is 23.8. The lowest BCUT2D eigenvalue weighted by Gasteiger charge is -2.39. The molecule has 0 heterocycles. The van der Waals surface area contributed by atoms with Gasteiger partial charge in [0, 0.05) is 18.0 Å². The predicted octanol–water partition coefficient (Wildman–Crippen LogP) is 4.38. The van der Waals surface area contributed by atoms with E-state index in [0.717, 1.165) is 5.56 Å². The molecule has 0 aliphatic rings. The molecule has 36 heavy (non-hydrogen) atoms. The van der Waals surface area contributed by atoms with Crippen LogP contribution < -0.4 is 10.6 Å². The molecule has 0 radical (unpaired) electrons. The van der Waals surface area contributed by atoms with Gasteiger partial charge in [0.05, 0.1) is 12.1 Å². The smallest absolute Gasteiger partial charge is 0.331 e. The van der Waals surface area contributed by atoms with E-state index in [0.29, 0.717) is 12.8 Å². The molecule has 0 saturated carbocycles. The van der Waals surface area contributed by atoms with E-state index in [1.54, 1.807) is 32.0 Å². The number of likely N-dealkylation sites (N-methyl/N-ethyl adjacent to an activating group) is 2. The number of hydrogen-bond acceptors (Lipinski definition) is 4. The number of carbonyl (C=O) groups is 3. The summed E-state index contributed by atoms with van der Waals surface area (Å²) in [6.07, 6.45) is 2.66. The highest BCUT2D eigenvalue weighted by molar-refractivity contribution is 5.91. The molecule has 1 aromatic rings. The summed E-state index contributed by atoms with van der Waals surface area (Å²) in [7, 11) is 3.44. The summed E-state index contributed by atoms with van der Waals surface area (Å²) in [5, 5.41) is 15.7. The molecule has 0 aliphatic heterocycles. The highest BCUT2D eigenvalue weighted by Gasteiger charge is 2.41. The van der Waals surface area contributed by atoms with Gasteiger partial charge in [-0.2, -0.15) is 0 Å². The Balaban J connectivity index is 3.33. The first kappa shape index (κ1) is 31.4. The van der Waals surface area contributed by atoms with Crippen LogP contribution in [-0.4, -0.2) is 60.0 Å². The van der Waals surface area contributed by atoms with Crippen molar-refractivity contribution in [1.29, 1.82) is 0 Å².